The van der Waals surface area contributed by atoms with E-state index in [-0.39, 0.29) is 23.8 Å². The van der Waals surface area contributed by atoms with Gasteiger partial charge in [-0.15, -0.1) is 0 Å². The van der Waals surface area contributed by atoms with Gasteiger partial charge in [0.2, 0.25) is 11.8 Å². The Kier molecular flexibility index (Phi) is 9.06. The van der Waals surface area contributed by atoms with Crippen molar-refractivity contribution >= 4 is 11.8 Å². The molecule has 0 aliphatic carbocycles. The number of carboxylic acids is 1. The number of anilines is 1. The van der Waals surface area contributed by atoms with E-state index in [4.69, 9.17) is 19.4 Å². The topological polar surface area (TPSA) is 84.8 Å². The predicted molar refractivity (Wildman–Crippen MR) is 165 cm³/mol. The molecule has 4 aromatic rings. The molecule has 1 saturated heterocycles. The Hall–Kier alpha value is -4.39. The maximum Gasteiger partial charge on any atom is 0.303 e. The van der Waals surface area contributed by atoms with E-state index in [1.807, 2.05) is 85.1 Å². The Bertz CT molecular complexity index is 1450. The summed E-state index contributed by atoms with van der Waals surface area (Å²) in [6.45, 7) is 8.22. The average Bonchev–Trinajstić information content (AvgIpc) is 2.99. The van der Waals surface area contributed by atoms with E-state index in [2.05, 4.69) is 31.7 Å². The number of nitrogens with zero attached hydrogens (tertiary/aromatic N) is 3. The molecular weight excluding hydrogens is 526 g/mol. The molecule has 1 N–H and O–H groups in total. The minimum absolute atomic E-state index is 0.0184. The van der Waals surface area contributed by atoms with Crippen molar-refractivity contribution in [2.75, 3.05) is 11.4 Å². The average molecular weight is 566 g/mol. The van der Waals surface area contributed by atoms with Gasteiger partial charge in [-0.1, -0.05) is 81.4 Å². The number of ether oxygens (including phenoxy) is 2. The van der Waals surface area contributed by atoms with Crippen LogP contribution in [-0.2, 0) is 18.0 Å². The van der Waals surface area contributed by atoms with Crippen molar-refractivity contribution in [1.29, 1.82) is 0 Å². The number of carbonyl (C=O) groups is 1. The monoisotopic (exact) mass is 565 g/mol. The van der Waals surface area contributed by atoms with Crippen LogP contribution in [0.2, 0.25) is 0 Å². The van der Waals surface area contributed by atoms with Crippen molar-refractivity contribution in [3.8, 4) is 22.9 Å². The van der Waals surface area contributed by atoms with Gasteiger partial charge >= 0.3 is 5.97 Å². The first-order valence-electron chi connectivity index (χ1n) is 14.6. The molecule has 7 heteroatoms. The fourth-order valence-corrected chi connectivity index (χ4v) is 5.57. The molecule has 2 unspecified atom stereocenters. The second kappa shape index (κ2) is 13.1. The molecule has 3 heterocycles. The molecule has 1 aliphatic heterocycles. The van der Waals surface area contributed by atoms with Gasteiger partial charge in [-0.25, -0.2) is 4.98 Å². The summed E-state index contributed by atoms with van der Waals surface area (Å²) in [4.78, 5) is 23.3. The van der Waals surface area contributed by atoms with Crippen LogP contribution in [0.3, 0.4) is 0 Å². The van der Waals surface area contributed by atoms with Crippen molar-refractivity contribution in [2.24, 2.45) is 11.3 Å². The highest BCUT2D eigenvalue weighted by Crippen LogP contribution is 2.39. The van der Waals surface area contributed by atoms with Gasteiger partial charge in [-0.05, 0) is 53.5 Å². The smallest absolute Gasteiger partial charge is 0.303 e. The molecular formula is C35H39N3O4. The zero-order valence-electron chi connectivity index (χ0n) is 24.6. The summed E-state index contributed by atoms with van der Waals surface area (Å²) in [5.74, 6) is 1.34. The highest BCUT2D eigenvalue weighted by molar-refractivity contribution is 5.69. The molecule has 0 spiro atoms. The lowest BCUT2D eigenvalue weighted by Gasteiger charge is -2.46. The first-order chi connectivity index (χ1) is 20.3. The van der Waals surface area contributed by atoms with Crippen molar-refractivity contribution in [3.05, 3.63) is 102 Å². The Morgan fingerprint density at radius 1 is 0.905 bits per heavy atom. The van der Waals surface area contributed by atoms with Crippen molar-refractivity contribution in [3.63, 3.8) is 0 Å². The Morgan fingerprint density at radius 3 is 2.17 bits per heavy atom. The molecule has 218 valence electrons. The third-order valence-electron chi connectivity index (χ3n) is 7.81. The van der Waals surface area contributed by atoms with Crippen LogP contribution in [0.25, 0.3) is 11.1 Å². The van der Waals surface area contributed by atoms with Crippen LogP contribution in [0.1, 0.15) is 51.2 Å². The lowest BCUT2D eigenvalue weighted by atomic mass is 9.76. The highest BCUT2D eigenvalue weighted by Gasteiger charge is 2.37. The Morgan fingerprint density at radius 2 is 1.57 bits per heavy atom. The van der Waals surface area contributed by atoms with Gasteiger partial charge in [0.15, 0.2) is 0 Å². The number of hydrogen-bond acceptors (Lipinski definition) is 6. The lowest BCUT2D eigenvalue weighted by Crippen LogP contribution is -2.50. The number of aliphatic carboxylic acids is 1. The van der Waals surface area contributed by atoms with Crippen LogP contribution in [0.15, 0.2) is 91.1 Å². The molecule has 1 aliphatic rings. The van der Waals surface area contributed by atoms with Gasteiger partial charge in [0, 0.05) is 42.4 Å². The zero-order valence-corrected chi connectivity index (χ0v) is 24.6. The second-order valence-electron chi connectivity index (χ2n) is 12.0. The molecule has 2 aromatic carbocycles. The number of piperidine rings is 1. The maximum atomic E-state index is 11.4. The first-order valence-corrected chi connectivity index (χ1v) is 14.6. The van der Waals surface area contributed by atoms with E-state index in [9.17, 15) is 9.90 Å². The number of hydrogen-bond donors (Lipinski definition) is 1. The highest BCUT2D eigenvalue weighted by atomic mass is 16.5. The van der Waals surface area contributed by atoms with Crippen molar-refractivity contribution in [2.45, 2.75) is 59.3 Å². The van der Waals surface area contributed by atoms with E-state index in [1.165, 1.54) is 0 Å². The Labute approximate surface area is 248 Å². The summed E-state index contributed by atoms with van der Waals surface area (Å²) in [5.41, 5.74) is 3.83. The third-order valence-corrected chi connectivity index (χ3v) is 7.81. The van der Waals surface area contributed by atoms with E-state index < -0.39 is 5.97 Å². The fourth-order valence-electron chi connectivity index (χ4n) is 5.57. The van der Waals surface area contributed by atoms with E-state index in [0.29, 0.717) is 25.0 Å². The van der Waals surface area contributed by atoms with E-state index in [0.717, 1.165) is 47.5 Å². The van der Waals surface area contributed by atoms with Gasteiger partial charge in [0.1, 0.15) is 19.0 Å². The van der Waals surface area contributed by atoms with Gasteiger partial charge in [-0.3, -0.25) is 4.79 Å². The molecule has 0 radical (unpaired) electrons. The van der Waals surface area contributed by atoms with Gasteiger partial charge in [0.05, 0.1) is 0 Å². The summed E-state index contributed by atoms with van der Waals surface area (Å²) in [6.07, 6.45) is 3.77. The van der Waals surface area contributed by atoms with Gasteiger partial charge in [-0.2, -0.15) is 4.98 Å². The number of carboxylic acid groups (broad SMARTS) is 1. The van der Waals surface area contributed by atoms with Crippen LogP contribution in [0.4, 0.5) is 5.82 Å². The first kappa shape index (κ1) is 29.1. The van der Waals surface area contributed by atoms with Gasteiger partial charge < -0.3 is 19.5 Å². The number of benzene rings is 2. The molecule has 0 amide bonds. The number of rotatable bonds is 10. The Balaban J connectivity index is 1.38. The van der Waals surface area contributed by atoms with Gasteiger partial charge in [0.25, 0.3) is 0 Å². The largest absolute Gasteiger partial charge is 0.481 e. The summed E-state index contributed by atoms with van der Waals surface area (Å²) in [5, 5.41) is 9.35. The molecule has 0 saturated carbocycles. The molecule has 2 aromatic heterocycles. The lowest BCUT2D eigenvalue weighted by molar-refractivity contribution is -0.138. The molecule has 1 fully saturated rings. The quantitative estimate of drug-likeness (QED) is 0.214. The maximum absolute atomic E-state index is 11.4. The standard InChI is InChI=1S/C35H39N3O4/c1-35(2,3)30-20-27(21-33(39)40)18-19-38(30)31-16-14-28(22-36-31)29-15-17-32(41-23-25-10-6-4-7-11-25)37-34(29)42-24-26-12-8-5-9-13-26/h4-17,22,27,30H,18-21,23-24H2,1-3H3,(H,39,40). The van der Waals surface area contributed by atoms with Crippen LogP contribution < -0.4 is 14.4 Å². The van der Waals surface area contributed by atoms with E-state index in [1.54, 1.807) is 0 Å². The number of aromatic nitrogens is 2. The SMILES string of the molecule is CC(C)(C)C1CC(CC(=O)O)CCN1c1ccc(-c2ccc(OCc3ccccc3)nc2OCc2ccccc2)cn1. The molecule has 5 rings (SSSR count). The van der Waals surface area contributed by atoms with Crippen molar-refractivity contribution < 1.29 is 19.4 Å². The summed E-state index contributed by atoms with van der Waals surface area (Å²) >= 11 is 0. The minimum Gasteiger partial charge on any atom is -0.481 e. The van der Waals surface area contributed by atoms with Crippen LogP contribution in [0, 0.1) is 11.3 Å². The van der Waals surface area contributed by atoms with Crippen LogP contribution >= 0.6 is 0 Å². The number of pyridine rings is 2. The minimum atomic E-state index is -0.723. The van der Waals surface area contributed by atoms with Crippen molar-refractivity contribution in [1.82, 2.24) is 9.97 Å². The summed E-state index contributed by atoms with van der Waals surface area (Å²) in [7, 11) is 0. The molecule has 0 bridgehead atoms. The third kappa shape index (κ3) is 7.46. The predicted octanol–water partition coefficient (Wildman–Crippen LogP) is 7.41. The second-order valence-corrected chi connectivity index (χ2v) is 12.0. The summed E-state index contributed by atoms with van der Waals surface area (Å²) in [6, 6.07) is 28.2. The van der Waals surface area contributed by atoms with E-state index >= 15 is 0 Å². The summed E-state index contributed by atoms with van der Waals surface area (Å²) < 4.78 is 12.2. The zero-order chi connectivity index (χ0) is 29.5. The molecule has 7 nitrogen and oxygen atoms in total. The van der Waals surface area contributed by atoms with Crippen LogP contribution in [-0.4, -0.2) is 33.6 Å². The molecule has 42 heavy (non-hydrogen) atoms. The van der Waals surface area contributed by atoms with Crippen LogP contribution in [0.5, 0.6) is 11.8 Å². The molecule has 2 atom stereocenters. The normalized spacial score (nSPS) is 17.1. The fraction of sp³-hybridized carbons (Fsp3) is 0.343.